The summed E-state index contributed by atoms with van der Waals surface area (Å²) in [6.07, 6.45) is 0.728. The summed E-state index contributed by atoms with van der Waals surface area (Å²) in [5, 5.41) is 1.35. The highest BCUT2D eigenvalue weighted by molar-refractivity contribution is 6.31. The van der Waals surface area contributed by atoms with Gasteiger partial charge in [-0.05, 0) is 44.9 Å². The molecule has 8 heteroatoms. The van der Waals surface area contributed by atoms with Crippen molar-refractivity contribution in [2.75, 3.05) is 39.5 Å². The molecule has 0 spiro atoms. The minimum atomic E-state index is -1.47. The van der Waals surface area contributed by atoms with Gasteiger partial charge in [0.2, 0.25) is 0 Å². The van der Waals surface area contributed by atoms with Gasteiger partial charge in [0, 0.05) is 66.4 Å². The second-order valence-electron chi connectivity index (χ2n) is 10.8. The Morgan fingerprint density at radius 3 is 2.64 bits per heavy atom. The first kappa shape index (κ1) is 25.4. The molecule has 0 unspecified atom stereocenters. The number of nitrogens with one attached hydrogen (secondary N) is 1. The number of hydrogen-bond acceptors (Lipinski definition) is 3. The van der Waals surface area contributed by atoms with Gasteiger partial charge in [-0.25, -0.2) is 8.78 Å². The zero-order valence-electron chi connectivity index (χ0n) is 21.0. The largest absolute Gasteiger partial charge is 0.492 e. The van der Waals surface area contributed by atoms with Crippen molar-refractivity contribution in [3.05, 3.63) is 64.1 Å². The monoisotopic (exact) mass is 519 g/mol. The number of ether oxygens (including phenoxy) is 1. The molecule has 1 fully saturated rings. The molecule has 0 radical (unpaired) electrons. The Morgan fingerprint density at radius 1 is 1.19 bits per heavy atom. The number of aromatic amines is 1. The summed E-state index contributed by atoms with van der Waals surface area (Å²) in [5.41, 5.74) is 1.79. The summed E-state index contributed by atoms with van der Waals surface area (Å²) in [6.45, 7) is 7.43. The van der Waals surface area contributed by atoms with Gasteiger partial charge >= 0.3 is 0 Å². The van der Waals surface area contributed by atoms with Gasteiger partial charge in [-0.15, -0.1) is 0 Å². The van der Waals surface area contributed by atoms with Gasteiger partial charge in [-0.1, -0.05) is 29.8 Å². The van der Waals surface area contributed by atoms with Crippen molar-refractivity contribution in [1.29, 1.82) is 0 Å². The molecule has 0 amide bonds. The number of fused-ring (bicyclic) bond motifs is 3. The van der Waals surface area contributed by atoms with Crippen LogP contribution < -0.4 is 4.74 Å². The van der Waals surface area contributed by atoms with Crippen molar-refractivity contribution in [3.63, 3.8) is 0 Å². The number of rotatable bonds is 8. The minimum absolute atomic E-state index is 0.0206. The zero-order chi connectivity index (χ0) is 25.6. The Balaban J connectivity index is 1.47. The summed E-state index contributed by atoms with van der Waals surface area (Å²) in [6, 6.07) is 10.4. The van der Waals surface area contributed by atoms with Gasteiger partial charge in [0.05, 0.1) is 17.7 Å². The Morgan fingerprint density at radius 2 is 1.94 bits per heavy atom. The van der Waals surface area contributed by atoms with Gasteiger partial charge in [0.25, 0.3) is 0 Å². The smallest absolute Gasteiger partial charge is 0.133 e. The van der Waals surface area contributed by atoms with Crippen molar-refractivity contribution in [3.8, 4) is 5.75 Å². The van der Waals surface area contributed by atoms with Gasteiger partial charge in [0.1, 0.15) is 23.8 Å². The van der Waals surface area contributed by atoms with Crippen LogP contribution in [0, 0.1) is 11.7 Å². The number of benzene rings is 2. The third-order valence-corrected chi connectivity index (χ3v) is 7.64. The van der Waals surface area contributed by atoms with Crippen LogP contribution in [0.2, 0.25) is 5.02 Å². The fraction of sp³-hybridized carbons (Fsp3) is 0.500. The van der Waals surface area contributed by atoms with Crippen LogP contribution in [0.25, 0.3) is 10.9 Å². The number of likely N-dealkylation sites (tertiary alicyclic amines) is 1. The van der Waals surface area contributed by atoms with Gasteiger partial charge in [0.15, 0.2) is 0 Å². The second-order valence-corrected chi connectivity index (χ2v) is 11.2. The molecule has 194 valence electrons. The maximum atomic E-state index is 15.8. The number of alkyl halides is 2. The number of nitrogens with zero attached hydrogens (tertiary/aromatic N) is 2. The highest BCUT2D eigenvalue weighted by atomic mass is 35.5. The number of halogens is 4. The van der Waals surface area contributed by atoms with Crippen molar-refractivity contribution in [2.24, 2.45) is 5.92 Å². The van der Waals surface area contributed by atoms with Crippen molar-refractivity contribution >= 4 is 22.5 Å². The molecular weight excluding hydrogens is 487 g/mol. The molecule has 1 saturated heterocycles. The molecule has 2 aliphatic rings. The molecule has 0 bridgehead atoms. The van der Waals surface area contributed by atoms with E-state index in [1.165, 1.54) is 6.07 Å². The Kier molecular flexibility index (Phi) is 7.01. The maximum Gasteiger partial charge on any atom is 0.133 e. The van der Waals surface area contributed by atoms with Crippen LogP contribution in [-0.2, 0) is 6.42 Å². The molecule has 0 saturated carbocycles. The summed E-state index contributed by atoms with van der Waals surface area (Å²) in [5.74, 6) is -0.0212. The van der Waals surface area contributed by atoms with Crippen LogP contribution in [0.4, 0.5) is 13.2 Å². The summed E-state index contributed by atoms with van der Waals surface area (Å²) < 4.78 is 49.2. The first-order valence-corrected chi connectivity index (χ1v) is 13.0. The number of aromatic nitrogens is 1. The molecule has 2 atom stereocenters. The maximum absolute atomic E-state index is 15.8. The molecule has 1 aromatic heterocycles. The highest BCUT2D eigenvalue weighted by Crippen LogP contribution is 2.45. The van der Waals surface area contributed by atoms with Gasteiger partial charge < -0.3 is 9.72 Å². The van der Waals surface area contributed by atoms with Crippen LogP contribution in [0.3, 0.4) is 0 Å². The molecule has 0 aliphatic carbocycles. The van der Waals surface area contributed by atoms with Crippen molar-refractivity contribution in [1.82, 2.24) is 14.8 Å². The average Bonchev–Trinajstić information content (AvgIpc) is 3.14. The summed E-state index contributed by atoms with van der Waals surface area (Å²) in [4.78, 5) is 7.60. The molecule has 4 nitrogen and oxygen atoms in total. The predicted molar refractivity (Wildman–Crippen MR) is 138 cm³/mol. The second kappa shape index (κ2) is 9.92. The Hall–Kier alpha value is -2.22. The zero-order valence-corrected chi connectivity index (χ0v) is 21.7. The molecule has 2 aromatic carbocycles. The molecule has 1 N–H and O–H groups in total. The van der Waals surface area contributed by atoms with E-state index < -0.39 is 17.5 Å². The normalized spacial score (nSPS) is 21.5. The summed E-state index contributed by atoms with van der Waals surface area (Å²) >= 11 is 6.73. The molecule has 36 heavy (non-hydrogen) atoms. The van der Waals surface area contributed by atoms with E-state index in [9.17, 15) is 8.78 Å². The lowest BCUT2D eigenvalue weighted by molar-refractivity contribution is 0.0650. The lowest BCUT2D eigenvalue weighted by Crippen LogP contribution is -2.49. The lowest BCUT2D eigenvalue weighted by atomic mass is 9.87. The predicted octanol–water partition coefficient (Wildman–Crippen LogP) is 6.32. The first-order chi connectivity index (χ1) is 17.1. The molecule has 3 aromatic rings. The number of para-hydroxylation sites is 1. The van der Waals surface area contributed by atoms with E-state index in [1.54, 1.807) is 19.9 Å². The molecule has 2 aliphatic heterocycles. The van der Waals surface area contributed by atoms with Crippen LogP contribution in [0.1, 0.15) is 43.6 Å². The minimum Gasteiger partial charge on any atom is -0.492 e. The van der Waals surface area contributed by atoms with E-state index >= 15 is 4.39 Å². The lowest BCUT2D eigenvalue weighted by Gasteiger charge is -2.43. The Bertz CT molecular complexity index is 1210. The van der Waals surface area contributed by atoms with E-state index in [2.05, 4.69) is 22.9 Å². The topological polar surface area (TPSA) is 31.5 Å². The number of H-pyrrole nitrogens is 1. The van der Waals surface area contributed by atoms with Crippen LogP contribution in [0.15, 0.2) is 36.4 Å². The van der Waals surface area contributed by atoms with Crippen molar-refractivity contribution < 1.29 is 17.9 Å². The molecule has 5 rings (SSSR count). The van der Waals surface area contributed by atoms with Crippen molar-refractivity contribution in [2.45, 2.75) is 44.9 Å². The van der Waals surface area contributed by atoms with E-state index in [0.29, 0.717) is 24.5 Å². The van der Waals surface area contributed by atoms with E-state index in [1.807, 2.05) is 23.1 Å². The third-order valence-electron chi connectivity index (χ3n) is 7.33. The van der Waals surface area contributed by atoms with Crippen LogP contribution in [0.5, 0.6) is 5.75 Å². The third kappa shape index (κ3) is 4.98. The number of hydrogen-bond donors (Lipinski definition) is 1. The van der Waals surface area contributed by atoms with Gasteiger partial charge in [-0.3, -0.25) is 14.2 Å². The molecule has 3 heterocycles. The van der Waals surface area contributed by atoms with Gasteiger partial charge in [-0.2, -0.15) is 0 Å². The van der Waals surface area contributed by atoms with Crippen LogP contribution in [-0.4, -0.2) is 66.0 Å². The first-order valence-electron chi connectivity index (χ1n) is 12.6. The Labute approximate surface area is 215 Å². The fourth-order valence-electron chi connectivity index (χ4n) is 5.65. The molecular formula is C28H33ClF3N3O. The van der Waals surface area contributed by atoms with Crippen LogP contribution >= 0.6 is 11.6 Å². The van der Waals surface area contributed by atoms with E-state index in [-0.39, 0.29) is 30.2 Å². The van der Waals surface area contributed by atoms with E-state index in [0.717, 1.165) is 41.7 Å². The highest BCUT2D eigenvalue weighted by Gasteiger charge is 2.40. The fourth-order valence-corrected chi connectivity index (χ4v) is 5.95. The summed E-state index contributed by atoms with van der Waals surface area (Å²) in [7, 11) is 0. The standard InChI is InChI=1S/C28H33ClF3N3O/c1-17-10-21-20-6-4-5-7-24(20)33-26(21)27(35(17)16-28(2,3)32)25-22(29)11-19(12-23(25)31)36-9-8-34-14-18(13-30)15-34/h4-7,11-12,17-18,27,33H,8-10,13-16H2,1-3H3/t17-,27-/m1/s1. The quantitative estimate of drug-likeness (QED) is 0.377. The average molecular weight is 520 g/mol. The van der Waals surface area contributed by atoms with E-state index in [4.69, 9.17) is 16.3 Å². The SMILES string of the molecule is C[C@@H]1Cc2c([nH]c3ccccc23)[C@@H](c2c(F)cc(OCCN3CC(CF)C3)cc2Cl)N1CC(C)(C)F.